The van der Waals surface area contributed by atoms with Crippen molar-refractivity contribution in [2.75, 3.05) is 12.3 Å². The number of alkyl halides is 2. The molecular weight excluding hydrogens is 530 g/mol. The van der Waals surface area contributed by atoms with Gasteiger partial charge in [0.1, 0.15) is 22.8 Å². The van der Waals surface area contributed by atoms with E-state index in [1.165, 1.54) is 50.3 Å². The number of ether oxygens (including phenoxy) is 1. The van der Waals surface area contributed by atoms with Gasteiger partial charge in [0.15, 0.2) is 0 Å². The zero-order chi connectivity index (χ0) is 29.6. The Bertz CT molecular complexity index is 1470. The number of rotatable bonds is 11. The van der Waals surface area contributed by atoms with Crippen LogP contribution in [0.15, 0.2) is 65.1 Å². The Kier molecular flexibility index (Phi) is 9.35. The van der Waals surface area contributed by atoms with Gasteiger partial charge in [-0.1, -0.05) is 6.08 Å². The molecule has 2 heterocycles. The maximum absolute atomic E-state index is 14.6. The van der Waals surface area contributed by atoms with Crippen LogP contribution in [0.4, 0.5) is 23.5 Å². The quantitative estimate of drug-likeness (QED) is 0.120. The molecule has 0 aliphatic heterocycles. The number of aliphatic imine (C=N–C) groups is 1. The molecule has 0 amide bonds. The van der Waals surface area contributed by atoms with Crippen molar-refractivity contribution in [3.05, 3.63) is 77.3 Å². The molecule has 12 heteroatoms. The zero-order valence-electron chi connectivity index (χ0n) is 22.0. The van der Waals surface area contributed by atoms with E-state index in [1.807, 2.05) is 0 Å². The number of allylic oxidation sites excluding steroid dienone is 2. The van der Waals surface area contributed by atoms with Crippen LogP contribution in [0.25, 0.3) is 22.4 Å². The number of nitrogens with two attached hydrogens (primary N) is 1. The van der Waals surface area contributed by atoms with Crippen LogP contribution < -0.4 is 10.5 Å². The summed E-state index contributed by atoms with van der Waals surface area (Å²) < 4.78 is 61.2. The Morgan fingerprint density at radius 3 is 2.45 bits per heavy atom. The van der Waals surface area contributed by atoms with Gasteiger partial charge in [-0.25, -0.2) is 22.5 Å². The first-order valence-corrected chi connectivity index (χ1v) is 12.0. The first kappa shape index (κ1) is 29.9. The highest BCUT2D eigenvalue weighted by molar-refractivity contribution is 5.85. The monoisotopic (exact) mass is 557 g/mol. The number of benzene rings is 1. The Morgan fingerprint density at radius 1 is 1.18 bits per heavy atom. The van der Waals surface area contributed by atoms with Crippen molar-refractivity contribution < 1.29 is 32.2 Å². The topological polar surface area (TPSA) is 124 Å². The SMILES string of the molecule is C=N/C(=C(F)\C=C/CCOc1nc(N)nc(-c2ccc(F)cc2)c1-c1cc(C)nc(C(F)F)c1)C(C)(C)C(=O)O. The smallest absolute Gasteiger partial charge is 0.315 e. The van der Waals surface area contributed by atoms with Crippen LogP contribution in [0.1, 0.15) is 38.1 Å². The van der Waals surface area contributed by atoms with Gasteiger partial charge in [0.05, 0.1) is 23.6 Å². The number of pyridine rings is 1. The summed E-state index contributed by atoms with van der Waals surface area (Å²) in [5, 5.41) is 9.33. The molecule has 8 nitrogen and oxygen atoms in total. The number of hydrogen-bond donors (Lipinski definition) is 2. The third kappa shape index (κ3) is 6.87. The minimum absolute atomic E-state index is 0.0393. The maximum atomic E-state index is 14.6. The number of halogens is 4. The van der Waals surface area contributed by atoms with Crippen molar-refractivity contribution in [1.29, 1.82) is 0 Å². The lowest BCUT2D eigenvalue weighted by Crippen LogP contribution is -2.25. The Labute approximate surface area is 228 Å². The fourth-order valence-corrected chi connectivity index (χ4v) is 3.75. The van der Waals surface area contributed by atoms with E-state index < -0.39 is 35.1 Å². The molecule has 0 atom stereocenters. The number of anilines is 1. The van der Waals surface area contributed by atoms with Crippen molar-refractivity contribution in [2.45, 2.75) is 33.6 Å². The van der Waals surface area contributed by atoms with Crippen LogP contribution in [-0.4, -0.2) is 39.4 Å². The standard InChI is InChI=1S/C28H27F4N5O3/c1-15-13-17(14-20(35-15)24(31)32)21-22(16-8-10-18(29)11-9-16)36-27(33)37-25(21)40-12-6-5-7-19(30)23(34-4)28(2,3)26(38)39/h5,7-11,13-14,24H,4,6,12H2,1-3H3,(H,38,39)(H2,33,36,37)/b7-5-,23-19+. The molecule has 0 spiro atoms. The summed E-state index contributed by atoms with van der Waals surface area (Å²) in [5.74, 6) is -2.85. The average Bonchev–Trinajstić information content (AvgIpc) is 2.88. The van der Waals surface area contributed by atoms with Gasteiger partial charge in [-0.05, 0) is 81.9 Å². The molecule has 3 N–H and O–H groups in total. The Morgan fingerprint density at radius 2 is 1.85 bits per heavy atom. The van der Waals surface area contributed by atoms with E-state index in [0.717, 1.165) is 6.08 Å². The fraction of sp³-hybridized carbons (Fsp3) is 0.250. The number of aromatic nitrogens is 3. The van der Waals surface area contributed by atoms with Gasteiger partial charge in [-0.15, -0.1) is 0 Å². The minimum Gasteiger partial charge on any atom is -0.481 e. The highest BCUT2D eigenvalue weighted by atomic mass is 19.3. The van der Waals surface area contributed by atoms with Crippen molar-refractivity contribution in [3.63, 3.8) is 0 Å². The van der Waals surface area contributed by atoms with Crippen molar-refractivity contribution in [1.82, 2.24) is 15.0 Å². The van der Waals surface area contributed by atoms with Gasteiger partial charge < -0.3 is 15.6 Å². The molecule has 0 bridgehead atoms. The molecule has 0 aliphatic rings. The highest BCUT2D eigenvalue weighted by Crippen LogP contribution is 2.39. The van der Waals surface area contributed by atoms with Gasteiger partial charge in [-0.3, -0.25) is 14.8 Å². The van der Waals surface area contributed by atoms with Gasteiger partial charge in [0, 0.05) is 11.3 Å². The Hall–Kier alpha value is -4.61. The average molecular weight is 558 g/mol. The predicted molar refractivity (Wildman–Crippen MR) is 143 cm³/mol. The van der Waals surface area contributed by atoms with Gasteiger partial charge in [0.25, 0.3) is 6.43 Å². The largest absolute Gasteiger partial charge is 0.481 e. The van der Waals surface area contributed by atoms with E-state index in [-0.39, 0.29) is 47.4 Å². The fourth-order valence-electron chi connectivity index (χ4n) is 3.75. The third-order valence-electron chi connectivity index (χ3n) is 5.79. The Balaban J connectivity index is 2.00. The number of nitrogens with zero attached hydrogens (tertiary/aromatic N) is 4. The molecule has 3 rings (SSSR count). The summed E-state index contributed by atoms with van der Waals surface area (Å²) in [5.41, 5.74) is 4.98. The molecule has 1 aromatic carbocycles. The molecule has 3 aromatic rings. The van der Waals surface area contributed by atoms with Gasteiger partial charge in [0.2, 0.25) is 11.8 Å². The number of hydrogen-bond acceptors (Lipinski definition) is 7. The van der Waals surface area contributed by atoms with E-state index >= 15 is 0 Å². The molecule has 0 radical (unpaired) electrons. The molecule has 0 fully saturated rings. The lowest BCUT2D eigenvalue weighted by Gasteiger charge is -2.19. The molecule has 0 aliphatic carbocycles. The number of carboxylic acid groups (broad SMARTS) is 1. The summed E-state index contributed by atoms with van der Waals surface area (Å²) in [6.45, 7) is 7.36. The van der Waals surface area contributed by atoms with Crippen LogP contribution in [-0.2, 0) is 4.79 Å². The van der Waals surface area contributed by atoms with Crippen LogP contribution in [0.2, 0.25) is 0 Å². The number of aliphatic carboxylic acids is 1. The lowest BCUT2D eigenvalue weighted by molar-refractivity contribution is -0.144. The maximum Gasteiger partial charge on any atom is 0.315 e. The molecular formula is C28H27F4N5O3. The third-order valence-corrected chi connectivity index (χ3v) is 5.79. The number of carbonyl (C=O) groups is 1. The van der Waals surface area contributed by atoms with Crippen LogP contribution in [0, 0.1) is 18.2 Å². The molecule has 2 aromatic heterocycles. The predicted octanol–water partition coefficient (Wildman–Crippen LogP) is 6.49. The normalized spacial score (nSPS) is 12.5. The van der Waals surface area contributed by atoms with Crippen molar-refractivity contribution >= 4 is 18.6 Å². The molecule has 210 valence electrons. The molecule has 0 unspecified atom stereocenters. The molecule has 0 saturated carbocycles. The highest BCUT2D eigenvalue weighted by Gasteiger charge is 2.34. The van der Waals surface area contributed by atoms with E-state index in [0.29, 0.717) is 11.3 Å². The van der Waals surface area contributed by atoms with Gasteiger partial charge in [-0.2, -0.15) is 4.98 Å². The number of aryl methyl sites for hydroxylation is 1. The van der Waals surface area contributed by atoms with Crippen LogP contribution >= 0.6 is 0 Å². The lowest BCUT2D eigenvalue weighted by atomic mass is 9.89. The van der Waals surface area contributed by atoms with Crippen LogP contribution in [0.3, 0.4) is 0 Å². The first-order chi connectivity index (χ1) is 18.8. The summed E-state index contributed by atoms with van der Waals surface area (Å²) in [6, 6.07) is 8.06. The van der Waals surface area contributed by atoms with Crippen molar-refractivity contribution in [3.8, 4) is 28.3 Å². The second kappa shape index (κ2) is 12.5. The van der Waals surface area contributed by atoms with E-state index in [1.54, 1.807) is 13.0 Å². The summed E-state index contributed by atoms with van der Waals surface area (Å²) in [6.07, 6.45) is -0.257. The van der Waals surface area contributed by atoms with E-state index in [9.17, 15) is 27.5 Å². The van der Waals surface area contributed by atoms with Gasteiger partial charge >= 0.3 is 5.97 Å². The summed E-state index contributed by atoms with van der Waals surface area (Å²) >= 11 is 0. The van der Waals surface area contributed by atoms with Crippen LogP contribution in [0.5, 0.6) is 5.88 Å². The van der Waals surface area contributed by atoms with E-state index in [2.05, 4.69) is 26.7 Å². The zero-order valence-corrected chi connectivity index (χ0v) is 22.0. The van der Waals surface area contributed by atoms with E-state index in [4.69, 9.17) is 10.5 Å². The second-order valence-electron chi connectivity index (χ2n) is 9.16. The summed E-state index contributed by atoms with van der Waals surface area (Å²) in [7, 11) is 0. The van der Waals surface area contributed by atoms with Crippen molar-refractivity contribution in [2.24, 2.45) is 10.4 Å². The first-order valence-electron chi connectivity index (χ1n) is 12.0. The number of nitrogen functional groups attached to an aromatic ring is 1. The summed E-state index contributed by atoms with van der Waals surface area (Å²) in [4.78, 5) is 27.3. The molecule has 40 heavy (non-hydrogen) atoms. The minimum atomic E-state index is -2.85. The molecule has 0 saturated heterocycles. The number of carboxylic acids is 1. The second-order valence-corrected chi connectivity index (χ2v) is 9.16.